The van der Waals surface area contributed by atoms with Crippen LogP contribution in [-0.2, 0) is 0 Å². The number of rotatable bonds is 5. The second kappa shape index (κ2) is 6.74. The summed E-state index contributed by atoms with van der Waals surface area (Å²) in [5.41, 5.74) is 0. The van der Waals surface area contributed by atoms with Crippen LogP contribution < -0.4 is 0 Å². The molecule has 0 heterocycles. The van der Waals surface area contributed by atoms with E-state index in [9.17, 15) is 4.79 Å². The van der Waals surface area contributed by atoms with E-state index in [4.69, 9.17) is 23.2 Å². The minimum Gasteiger partial charge on any atom is -0.332 e. The van der Waals surface area contributed by atoms with E-state index < -0.39 is 5.37 Å². The minimum atomic E-state index is -0.393. The van der Waals surface area contributed by atoms with Gasteiger partial charge in [0.1, 0.15) is 0 Å². The van der Waals surface area contributed by atoms with Gasteiger partial charge in [-0.2, -0.15) is 0 Å². The summed E-state index contributed by atoms with van der Waals surface area (Å²) in [6.07, 6.45) is 3.03. The van der Waals surface area contributed by atoms with Gasteiger partial charge in [0.25, 0.3) is 0 Å². The molecule has 0 aromatic carbocycles. The molecule has 0 N–H and O–H groups in total. The summed E-state index contributed by atoms with van der Waals surface area (Å²) in [5, 5.41) is -0.393. The van der Waals surface area contributed by atoms with Gasteiger partial charge in [-0.15, -0.1) is 11.6 Å². The van der Waals surface area contributed by atoms with Crippen LogP contribution in [0.25, 0.3) is 0 Å². The van der Waals surface area contributed by atoms with Crippen molar-refractivity contribution in [2.75, 3.05) is 19.5 Å². The molecule has 0 fully saturated rings. The van der Waals surface area contributed by atoms with Crippen LogP contribution in [0.5, 0.6) is 0 Å². The van der Waals surface area contributed by atoms with Gasteiger partial charge >= 0.3 is 5.37 Å². The Bertz CT molecular complexity index is 119. The van der Waals surface area contributed by atoms with Crippen LogP contribution in [0.2, 0.25) is 0 Å². The molecule has 11 heavy (non-hydrogen) atoms. The first-order valence-electron chi connectivity index (χ1n) is 3.65. The fourth-order valence-electron chi connectivity index (χ4n) is 0.708. The lowest BCUT2D eigenvalue weighted by atomic mass is 10.2. The molecule has 0 spiro atoms. The van der Waals surface area contributed by atoms with Crippen molar-refractivity contribution in [2.24, 2.45) is 0 Å². The largest absolute Gasteiger partial charge is 0.332 e. The lowest BCUT2D eigenvalue weighted by Crippen LogP contribution is -2.21. The summed E-state index contributed by atoms with van der Waals surface area (Å²) in [4.78, 5) is 12.0. The number of alkyl halides is 1. The molecule has 2 nitrogen and oxygen atoms in total. The van der Waals surface area contributed by atoms with E-state index in [1.54, 1.807) is 7.05 Å². The van der Waals surface area contributed by atoms with Crippen molar-refractivity contribution in [3.63, 3.8) is 0 Å². The number of hydrogen-bond acceptors (Lipinski definition) is 1. The summed E-state index contributed by atoms with van der Waals surface area (Å²) >= 11 is 10.7. The van der Waals surface area contributed by atoms with E-state index in [0.717, 1.165) is 25.8 Å². The zero-order valence-corrected chi connectivity index (χ0v) is 8.16. The number of hydrogen-bond donors (Lipinski definition) is 0. The molecule has 0 aliphatic carbocycles. The molecule has 66 valence electrons. The van der Waals surface area contributed by atoms with Crippen LogP contribution in [0.15, 0.2) is 0 Å². The third-order valence-electron chi connectivity index (χ3n) is 1.43. The normalized spacial score (nSPS) is 9.73. The predicted octanol–water partition coefficient (Wildman–Crippen LogP) is 2.69. The average molecular weight is 198 g/mol. The van der Waals surface area contributed by atoms with E-state index in [1.807, 2.05) is 0 Å². The van der Waals surface area contributed by atoms with Crippen LogP contribution in [0.4, 0.5) is 4.79 Å². The Morgan fingerprint density at radius 2 is 2.00 bits per heavy atom. The van der Waals surface area contributed by atoms with Crippen molar-refractivity contribution in [2.45, 2.75) is 19.3 Å². The maximum atomic E-state index is 10.5. The summed E-state index contributed by atoms with van der Waals surface area (Å²) < 4.78 is 0. The molecule has 0 bridgehead atoms. The zero-order chi connectivity index (χ0) is 8.69. The highest BCUT2D eigenvalue weighted by molar-refractivity contribution is 6.62. The summed E-state index contributed by atoms with van der Waals surface area (Å²) in [6.45, 7) is 0.721. The number of halogens is 2. The topological polar surface area (TPSA) is 20.3 Å². The lowest BCUT2D eigenvalue weighted by Gasteiger charge is -2.11. The van der Waals surface area contributed by atoms with Crippen LogP contribution in [0, 0.1) is 0 Å². The average Bonchev–Trinajstić information content (AvgIpc) is 1.97. The Hall–Kier alpha value is 0.0500. The van der Waals surface area contributed by atoms with Gasteiger partial charge in [-0.1, -0.05) is 6.42 Å². The standard InChI is InChI=1S/C7H13Cl2NO/c1-10(7(9)11)6-4-2-3-5-8/h2-6H2,1H3. The molecule has 0 aliphatic rings. The van der Waals surface area contributed by atoms with Gasteiger partial charge < -0.3 is 4.90 Å². The highest BCUT2D eigenvalue weighted by Crippen LogP contribution is 2.00. The summed E-state index contributed by atoms with van der Waals surface area (Å²) in [7, 11) is 1.69. The van der Waals surface area contributed by atoms with Crippen LogP contribution >= 0.6 is 23.2 Å². The number of carbonyl (C=O) groups is 1. The molecule has 0 atom stereocenters. The van der Waals surface area contributed by atoms with Crippen LogP contribution in [-0.4, -0.2) is 29.7 Å². The first-order valence-corrected chi connectivity index (χ1v) is 4.56. The van der Waals surface area contributed by atoms with Gasteiger partial charge in [0.05, 0.1) is 0 Å². The maximum Gasteiger partial charge on any atom is 0.316 e. The van der Waals surface area contributed by atoms with Crippen molar-refractivity contribution in [1.82, 2.24) is 4.90 Å². The van der Waals surface area contributed by atoms with Crippen molar-refractivity contribution in [1.29, 1.82) is 0 Å². The molecule has 0 radical (unpaired) electrons. The van der Waals surface area contributed by atoms with Crippen LogP contribution in [0.1, 0.15) is 19.3 Å². The molecule has 0 unspecified atom stereocenters. The van der Waals surface area contributed by atoms with Crippen LogP contribution in [0.3, 0.4) is 0 Å². The Morgan fingerprint density at radius 3 is 2.45 bits per heavy atom. The third-order valence-corrected chi connectivity index (χ3v) is 1.98. The number of unbranched alkanes of at least 4 members (excludes halogenated alkanes) is 2. The van der Waals surface area contributed by atoms with Gasteiger partial charge in [0.15, 0.2) is 0 Å². The van der Waals surface area contributed by atoms with Gasteiger partial charge in [-0.3, -0.25) is 4.79 Å². The molecule has 0 aromatic rings. The maximum absolute atomic E-state index is 10.5. The number of nitrogens with zero attached hydrogens (tertiary/aromatic N) is 1. The Balaban J connectivity index is 3.17. The molecular formula is C7H13Cl2NO. The van der Waals surface area contributed by atoms with Gasteiger partial charge in [-0.25, -0.2) is 0 Å². The molecule has 0 saturated heterocycles. The van der Waals surface area contributed by atoms with E-state index >= 15 is 0 Å². The van der Waals surface area contributed by atoms with E-state index in [-0.39, 0.29) is 0 Å². The molecule has 4 heteroatoms. The smallest absolute Gasteiger partial charge is 0.316 e. The quantitative estimate of drug-likeness (QED) is 0.288. The number of amides is 1. The first-order chi connectivity index (χ1) is 5.18. The van der Waals surface area contributed by atoms with Crippen molar-refractivity contribution >= 4 is 28.6 Å². The molecule has 0 aliphatic heterocycles. The monoisotopic (exact) mass is 197 g/mol. The summed E-state index contributed by atoms with van der Waals surface area (Å²) in [6, 6.07) is 0. The number of carbonyl (C=O) groups excluding carboxylic acids is 1. The Kier molecular flexibility index (Phi) is 6.77. The second-order valence-electron chi connectivity index (χ2n) is 2.42. The first kappa shape index (κ1) is 11.1. The van der Waals surface area contributed by atoms with Gasteiger partial charge in [-0.05, 0) is 24.4 Å². The van der Waals surface area contributed by atoms with Crippen molar-refractivity contribution < 1.29 is 4.79 Å². The van der Waals surface area contributed by atoms with Crippen molar-refractivity contribution in [3.8, 4) is 0 Å². The molecular weight excluding hydrogens is 185 g/mol. The van der Waals surface area contributed by atoms with Gasteiger partial charge in [0, 0.05) is 19.5 Å². The molecule has 0 rings (SSSR count). The lowest BCUT2D eigenvalue weighted by molar-refractivity contribution is 0.231. The minimum absolute atomic E-state index is 0.393. The fraction of sp³-hybridized carbons (Fsp3) is 0.857. The molecule has 0 saturated carbocycles. The van der Waals surface area contributed by atoms with E-state index in [1.165, 1.54) is 4.90 Å². The predicted molar refractivity (Wildman–Crippen MR) is 48.5 cm³/mol. The Labute approximate surface area is 77.5 Å². The van der Waals surface area contributed by atoms with E-state index in [2.05, 4.69) is 0 Å². The SMILES string of the molecule is CN(CCCCCCl)C(=O)Cl. The third kappa shape index (κ3) is 6.45. The molecule has 1 amide bonds. The fourth-order valence-corrected chi connectivity index (χ4v) is 0.982. The highest BCUT2D eigenvalue weighted by atomic mass is 35.5. The highest BCUT2D eigenvalue weighted by Gasteiger charge is 2.01. The molecule has 0 aromatic heterocycles. The van der Waals surface area contributed by atoms with Gasteiger partial charge in [0.2, 0.25) is 0 Å². The Morgan fingerprint density at radius 1 is 1.36 bits per heavy atom. The van der Waals surface area contributed by atoms with E-state index in [0.29, 0.717) is 5.88 Å². The summed E-state index contributed by atoms with van der Waals surface area (Å²) in [5.74, 6) is 0.693. The second-order valence-corrected chi connectivity index (χ2v) is 3.13. The zero-order valence-electron chi connectivity index (χ0n) is 6.65. The van der Waals surface area contributed by atoms with Crippen molar-refractivity contribution in [3.05, 3.63) is 0 Å².